The van der Waals surface area contributed by atoms with Crippen LogP contribution >= 0.6 is 0 Å². The monoisotopic (exact) mass is 840 g/mol. The molecule has 6 aliphatic heterocycles. The van der Waals surface area contributed by atoms with E-state index in [4.69, 9.17) is 18.9 Å². The van der Waals surface area contributed by atoms with Gasteiger partial charge >= 0.3 is 12.1 Å². The van der Waals surface area contributed by atoms with Gasteiger partial charge in [-0.25, -0.2) is 9.47 Å². The standard InChI is InChI=1S/2C28H24N2O2/c1-3-13-24(14-4-1)29-18-22-11-7-9-20-17-21-10-8-12-23-19-30(25-15-5-2-6-16-25)28(29,31-26(20)22)32-27(21)23;1-3-10-24(11-4-1)29-18-22-15-14-20-16-21-8-7-9-23-19-30(25-12-5-2-6-13-25)28(29,32-27(21)23)31-26(22)17-20/h1-9,11-16,18-21,26H,10,17H2;1-15,18-21,27H,16-17H2/q2*+2/t20?,21?,26?,28-;20?,21?,27?,28-/m00/s1. The second kappa shape index (κ2) is 14.8. The molecule has 7 bridgehead atoms. The Hall–Kier alpha value is -7.00. The average Bonchev–Trinajstić information content (AvgIpc) is 3.36. The number of para-hydroxylation sites is 4. The van der Waals surface area contributed by atoms with Gasteiger partial charge in [0, 0.05) is 83.9 Å². The molecule has 14 rings (SSSR count). The lowest BCUT2D eigenvalue weighted by molar-refractivity contribution is -0.880. The van der Waals surface area contributed by atoms with E-state index in [0.29, 0.717) is 23.7 Å². The van der Waals surface area contributed by atoms with Crippen LogP contribution in [0.15, 0.2) is 216 Å². The number of allylic oxidation sites excluding steroid dienone is 12. The Balaban J connectivity index is 0.000000129. The van der Waals surface area contributed by atoms with Crippen LogP contribution in [0.2, 0.25) is 0 Å². The Morgan fingerprint density at radius 2 is 0.969 bits per heavy atom. The Bertz CT molecular complexity index is 2930. The van der Waals surface area contributed by atoms with Crippen LogP contribution in [0.1, 0.15) is 25.7 Å². The zero-order valence-corrected chi connectivity index (χ0v) is 35.3. The summed E-state index contributed by atoms with van der Waals surface area (Å²) in [5.74, 6) is 3.46. The fraction of sp³-hybridized carbons (Fsp3) is 0.214. The second-order valence-electron chi connectivity index (χ2n) is 18.0. The molecule has 8 nitrogen and oxygen atoms in total. The van der Waals surface area contributed by atoms with Crippen molar-refractivity contribution in [2.45, 2.75) is 50.0 Å². The molecule has 0 amide bonds. The summed E-state index contributed by atoms with van der Waals surface area (Å²) in [7, 11) is 0. The van der Waals surface area contributed by atoms with Crippen LogP contribution in [0, 0.1) is 23.7 Å². The highest BCUT2D eigenvalue weighted by Gasteiger charge is 2.70. The molecule has 6 heterocycles. The van der Waals surface area contributed by atoms with Crippen LogP contribution in [0.5, 0.6) is 0 Å². The lowest BCUT2D eigenvalue weighted by Crippen LogP contribution is -2.62. The highest BCUT2D eigenvalue weighted by Crippen LogP contribution is 2.50. The molecule has 2 spiro atoms. The quantitative estimate of drug-likeness (QED) is 0.192. The zero-order chi connectivity index (χ0) is 42.2. The minimum absolute atomic E-state index is 0.0476. The lowest BCUT2D eigenvalue weighted by Gasteiger charge is -2.42. The third-order valence-corrected chi connectivity index (χ3v) is 14.1. The molecule has 4 aromatic rings. The second-order valence-corrected chi connectivity index (χ2v) is 18.0. The third-order valence-electron chi connectivity index (χ3n) is 14.1. The molecular weight excluding hydrogens is 793 g/mol. The number of hydrogen-bond donors (Lipinski definition) is 0. The predicted molar refractivity (Wildman–Crippen MR) is 246 cm³/mol. The largest absolute Gasteiger partial charge is 0.668 e. The maximum absolute atomic E-state index is 7.08. The van der Waals surface area contributed by atoms with Crippen molar-refractivity contribution in [2.75, 3.05) is 0 Å². The molecule has 2 fully saturated rings. The zero-order valence-electron chi connectivity index (χ0n) is 35.3. The van der Waals surface area contributed by atoms with Gasteiger partial charge in [-0.3, -0.25) is 0 Å². The molecular formula is C56H48N4O4+4. The van der Waals surface area contributed by atoms with E-state index < -0.39 is 12.1 Å². The average molecular weight is 841 g/mol. The van der Waals surface area contributed by atoms with E-state index in [1.54, 1.807) is 0 Å². The van der Waals surface area contributed by atoms with Crippen LogP contribution in [0.3, 0.4) is 0 Å². The molecule has 0 aromatic heterocycles. The molecule has 10 aliphatic rings. The fourth-order valence-electron chi connectivity index (χ4n) is 11.0. The first-order chi connectivity index (χ1) is 31.6. The topological polar surface area (TPSA) is 49.0 Å². The highest BCUT2D eigenvalue weighted by atomic mass is 16.8. The number of nitrogens with zero attached hydrogens (tertiary/aromatic N) is 4. The molecule has 0 saturated carbocycles. The maximum Gasteiger partial charge on any atom is 0.668 e. The smallest absolute Gasteiger partial charge is 0.355 e. The van der Waals surface area contributed by atoms with Crippen molar-refractivity contribution in [1.29, 1.82) is 0 Å². The highest BCUT2D eigenvalue weighted by molar-refractivity contribution is 5.84. The molecule has 312 valence electrons. The van der Waals surface area contributed by atoms with Gasteiger partial charge in [-0.2, -0.15) is 0 Å². The number of hydrogen-bond acceptors (Lipinski definition) is 4. The summed E-state index contributed by atoms with van der Waals surface area (Å²) in [5.41, 5.74) is 8.73. The van der Waals surface area contributed by atoms with Gasteiger partial charge in [0.15, 0.2) is 24.9 Å². The van der Waals surface area contributed by atoms with E-state index in [-0.39, 0.29) is 12.2 Å². The van der Waals surface area contributed by atoms with Crippen molar-refractivity contribution >= 4 is 47.6 Å². The van der Waals surface area contributed by atoms with E-state index in [1.807, 2.05) is 24.3 Å². The van der Waals surface area contributed by atoms with Crippen molar-refractivity contribution in [3.05, 3.63) is 216 Å². The van der Waals surface area contributed by atoms with Gasteiger partial charge in [-0.05, 0) is 37.3 Å². The summed E-state index contributed by atoms with van der Waals surface area (Å²) in [6.07, 6.45) is 35.1. The molecule has 4 aromatic carbocycles. The fourth-order valence-corrected chi connectivity index (χ4v) is 11.0. The number of fused-ring (bicyclic) bond motifs is 1. The summed E-state index contributed by atoms with van der Waals surface area (Å²) in [5, 5.41) is 0. The van der Waals surface area contributed by atoms with Crippen LogP contribution < -0.4 is 0 Å². The van der Waals surface area contributed by atoms with E-state index in [1.165, 1.54) is 11.1 Å². The first kappa shape index (κ1) is 37.5. The minimum atomic E-state index is -1.13. The van der Waals surface area contributed by atoms with Gasteiger partial charge in [-0.1, -0.05) is 140 Å². The Morgan fingerprint density at radius 3 is 1.52 bits per heavy atom. The molecule has 2 saturated heterocycles. The van der Waals surface area contributed by atoms with Crippen LogP contribution in [-0.2, 0) is 18.9 Å². The van der Waals surface area contributed by atoms with Crippen molar-refractivity contribution in [2.24, 2.45) is 23.7 Å². The summed E-state index contributed by atoms with van der Waals surface area (Å²) in [6.45, 7) is 0. The Labute approximate surface area is 373 Å². The van der Waals surface area contributed by atoms with Crippen molar-refractivity contribution in [1.82, 2.24) is 0 Å². The van der Waals surface area contributed by atoms with Crippen LogP contribution in [0.4, 0.5) is 22.7 Å². The van der Waals surface area contributed by atoms with Crippen LogP contribution in [0.25, 0.3) is 0 Å². The Morgan fingerprint density at radius 1 is 0.484 bits per heavy atom. The van der Waals surface area contributed by atoms with E-state index >= 15 is 0 Å². The summed E-state index contributed by atoms with van der Waals surface area (Å²) < 4.78 is 36.7. The van der Waals surface area contributed by atoms with Gasteiger partial charge in [-0.15, -0.1) is 0 Å². The Kier molecular flexibility index (Phi) is 8.68. The predicted octanol–water partition coefficient (Wildman–Crippen LogP) is 10.4. The lowest BCUT2D eigenvalue weighted by atomic mass is 9.79. The molecule has 8 atom stereocenters. The van der Waals surface area contributed by atoms with Crippen molar-refractivity contribution in [3.63, 3.8) is 0 Å². The first-order valence-corrected chi connectivity index (χ1v) is 22.7. The molecule has 64 heavy (non-hydrogen) atoms. The molecule has 6 unspecified atom stereocenters. The van der Waals surface area contributed by atoms with Crippen LogP contribution in [-0.4, -0.2) is 67.4 Å². The molecule has 0 radical (unpaired) electrons. The first-order valence-electron chi connectivity index (χ1n) is 22.7. The number of ether oxygens (including phenoxy) is 4. The van der Waals surface area contributed by atoms with Gasteiger partial charge in [0.2, 0.25) is 22.7 Å². The van der Waals surface area contributed by atoms with Gasteiger partial charge in [0.05, 0.1) is 11.1 Å². The summed E-state index contributed by atoms with van der Waals surface area (Å²) >= 11 is 0. The van der Waals surface area contributed by atoms with Gasteiger partial charge in [0.25, 0.3) is 0 Å². The van der Waals surface area contributed by atoms with E-state index in [2.05, 4.69) is 201 Å². The van der Waals surface area contributed by atoms with E-state index in [9.17, 15) is 0 Å². The normalized spacial score (nSPS) is 31.6. The third kappa shape index (κ3) is 5.96. The molecule has 0 N–H and O–H groups in total. The van der Waals surface area contributed by atoms with Gasteiger partial charge < -0.3 is 9.47 Å². The molecule has 8 heteroatoms. The van der Waals surface area contributed by atoms with Crippen molar-refractivity contribution in [3.8, 4) is 0 Å². The summed E-state index contributed by atoms with van der Waals surface area (Å²) in [4.78, 5) is 0. The summed E-state index contributed by atoms with van der Waals surface area (Å²) in [6, 6.07) is 39.2. The molecule has 4 aliphatic carbocycles. The van der Waals surface area contributed by atoms with Gasteiger partial charge in [0.1, 0.15) is 23.7 Å². The SMILES string of the molecule is C1=CC2CC3C=CC4=C(C3)O[C@]3(OC2C(=C1)C=[N+]3c1ccccc1)[N+](c1ccccc1)=C4.C1=CC2CC3CC=CC4=C3O[C@]3(OC2C(=C1)C=[N+]3c1ccccc1)[N+](c1ccccc1)=C4. The number of benzene rings is 4. The van der Waals surface area contributed by atoms with Crippen molar-refractivity contribution < 1.29 is 37.2 Å². The number of rotatable bonds is 4. The van der Waals surface area contributed by atoms with E-state index in [0.717, 1.165) is 71.1 Å². The minimum Gasteiger partial charge on any atom is -0.355 e. The maximum atomic E-state index is 7.08.